The monoisotopic (exact) mass is 338 g/mol. The number of hydrogen-bond donors (Lipinski definition) is 1. The van der Waals surface area contributed by atoms with Gasteiger partial charge in [-0.3, -0.25) is 9.59 Å². The number of benzene rings is 1. The lowest BCUT2D eigenvalue weighted by Gasteiger charge is -2.06. The molecular formula is C15H15ClN2O3S. The van der Waals surface area contributed by atoms with Crippen LogP contribution in [0.3, 0.4) is 0 Å². The fraction of sp³-hybridized carbons (Fsp3) is 0.267. The molecule has 1 heterocycles. The molecule has 0 aliphatic rings. The van der Waals surface area contributed by atoms with Crippen LogP contribution in [0.1, 0.15) is 16.3 Å². The molecule has 0 aliphatic heterocycles. The fourth-order valence-electron chi connectivity index (χ4n) is 1.73. The van der Waals surface area contributed by atoms with Gasteiger partial charge in [-0.25, -0.2) is 4.98 Å². The van der Waals surface area contributed by atoms with Gasteiger partial charge < -0.3 is 10.1 Å². The Balaban J connectivity index is 1.70. The molecule has 0 bridgehead atoms. The van der Waals surface area contributed by atoms with Crippen molar-refractivity contribution in [1.82, 2.24) is 10.3 Å². The number of aromatic nitrogens is 1. The Hall–Kier alpha value is -1.92. The highest BCUT2D eigenvalue weighted by Crippen LogP contribution is 2.10. The van der Waals surface area contributed by atoms with Crippen molar-refractivity contribution in [2.75, 3.05) is 6.61 Å². The van der Waals surface area contributed by atoms with E-state index in [2.05, 4.69) is 10.3 Å². The lowest BCUT2D eigenvalue weighted by molar-refractivity contribution is -0.147. The highest BCUT2D eigenvalue weighted by Gasteiger charge is 2.10. The Labute approximate surface area is 137 Å². The SMILES string of the molecule is Cc1nc(CC(=O)OCC(=O)NCc2cccc(Cl)c2)cs1. The number of nitrogens with zero attached hydrogens (tertiary/aromatic N) is 1. The first-order valence-corrected chi connectivity index (χ1v) is 7.86. The molecule has 2 aromatic rings. The minimum atomic E-state index is -0.469. The van der Waals surface area contributed by atoms with Gasteiger partial charge in [-0.2, -0.15) is 0 Å². The molecule has 1 amide bonds. The van der Waals surface area contributed by atoms with Crippen LogP contribution in [-0.2, 0) is 27.3 Å². The second kappa shape index (κ2) is 7.91. The Bertz CT molecular complexity index is 672. The molecule has 1 aromatic carbocycles. The summed E-state index contributed by atoms with van der Waals surface area (Å²) in [4.78, 5) is 27.4. The number of carbonyl (C=O) groups is 2. The van der Waals surface area contributed by atoms with E-state index in [1.54, 1.807) is 23.6 Å². The lowest BCUT2D eigenvalue weighted by Crippen LogP contribution is -2.28. The zero-order valence-corrected chi connectivity index (χ0v) is 13.5. The molecule has 22 heavy (non-hydrogen) atoms. The van der Waals surface area contributed by atoms with Crippen molar-refractivity contribution in [2.24, 2.45) is 0 Å². The van der Waals surface area contributed by atoms with Crippen LogP contribution < -0.4 is 5.32 Å². The van der Waals surface area contributed by atoms with Crippen LogP contribution in [0.2, 0.25) is 5.02 Å². The topological polar surface area (TPSA) is 68.3 Å². The largest absolute Gasteiger partial charge is 0.455 e. The summed E-state index contributed by atoms with van der Waals surface area (Å²) in [7, 11) is 0. The van der Waals surface area contributed by atoms with E-state index in [0.717, 1.165) is 10.6 Å². The van der Waals surface area contributed by atoms with E-state index in [9.17, 15) is 9.59 Å². The second-order valence-corrected chi connectivity index (χ2v) is 6.10. The number of esters is 1. The van der Waals surface area contributed by atoms with E-state index >= 15 is 0 Å². The van der Waals surface area contributed by atoms with Gasteiger partial charge in [-0.05, 0) is 24.6 Å². The average molecular weight is 339 g/mol. The molecule has 5 nitrogen and oxygen atoms in total. The van der Waals surface area contributed by atoms with Crippen LogP contribution in [0.4, 0.5) is 0 Å². The minimum Gasteiger partial charge on any atom is -0.455 e. The van der Waals surface area contributed by atoms with E-state index in [4.69, 9.17) is 16.3 Å². The summed E-state index contributed by atoms with van der Waals surface area (Å²) >= 11 is 7.32. The zero-order valence-electron chi connectivity index (χ0n) is 12.0. The van der Waals surface area contributed by atoms with Crippen LogP contribution >= 0.6 is 22.9 Å². The number of hydrogen-bond acceptors (Lipinski definition) is 5. The number of ether oxygens (including phenoxy) is 1. The smallest absolute Gasteiger partial charge is 0.312 e. The number of nitrogens with one attached hydrogen (secondary N) is 1. The predicted molar refractivity (Wildman–Crippen MR) is 84.8 cm³/mol. The van der Waals surface area contributed by atoms with E-state index in [-0.39, 0.29) is 18.9 Å². The quantitative estimate of drug-likeness (QED) is 0.822. The van der Waals surface area contributed by atoms with Crippen molar-refractivity contribution in [2.45, 2.75) is 19.9 Å². The molecule has 0 fully saturated rings. The van der Waals surface area contributed by atoms with Crippen LogP contribution in [0, 0.1) is 6.92 Å². The van der Waals surface area contributed by atoms with Gasteiger partial charge in [0, 0.05) is 16.9 Å². The molecule has 0 radical (unpaired) electrons. The number of carbonyl (C=O) groups excluding carboxylic acids is 2. The van der Waals surface area contributed by atoms with Crippen LogP contribution in [0.15, 0.2) is 29.6 Å². The van der Waals surface area contributed by atoms with Crippen molar-refractivity contribution < 1.29 is 14.3 Å². The van der Waals surface area contributed by atoms with Gasteiger partial charge in [-0.15, -0.1) is 11.3 Å². The molecule has 0 saturated heterocycles. The van der Waals surface area contributed by atoms with Gasteiger partial charge in [-0.1, -0.05) is 23.7 Å². The number of aryl methyl sites for hydroxylation is 1. The molecular weight excluding hydrogens is 324 g/mol. The molecule has 2 rings (SSSR count). The van der Waals surface area contributed by atoms with Crippen LogP contribution in [0.5, 0.6) is 0 Å². The molecule has 0 aliphatic carbocycles. The third kappa shape index (κ3) is 5.46. The summed E-state index contributed by atoms with van der Waals surface area (Å²) in [6.45, 7) is 1.90. The van der Waals surface area contributed by atoms with Crippen molar-refractivity contribution in [3.05, 3.63) is 50.9 Å². The minimum absolute atomic E-state index is 0.0753. The van der Waals surface area contributed by atoms with Crippen molar-refractivity contribution in [1.29, 1.82) is 0 Å². The lowest BCUT2D eigenvalue weighted by atomic mass is 10.2. The van der Waals surface area contributed by atoms with E-state index < -0.39 is 5.97 Å². The molecule has 0 unspecified atom stereocenters. The Morgan fingerprint density at radius 1 is 1.41 bits per heavy atom. The first-order chi connectivity index (χ1) is 10.5. The molecule has 1 N–H and O–H groups in total. The summed E-state index contributed by atoms with van der Waals surface area (Å²) in [5.41, 5.74) is 1.54. The first kappa shape index (κ1) is 16.5. The standard InChI is InChI=1S/C15H15ClN2O3S/c1-10-18-13(9-22-10)6-15(20)21-8-14(19)17-7-11-3-2-4-12(16)5-11/h2-5,9H,6-8H2,1H3,(H,17,19). The highest BCUT2D eigenvalue weighted by molar-refractivity contribution is 7.09. The normalized spacial score (nSPS) is 10.3. The van der Waals surface area contributed by atoms with Gasteiger partial charge in [0.2, 0.25) is 0 Å². The van der Waals surface area contributed by atoms with Crippen molar-refractivity contribution in [3.8, 4) is 0 Å². The first-order valence-electron chi connectivity index (χ1n) is 6.60. The maximum absolute atomic E-state index is 11.6. The molecule has 7 heteroatoms. The molecule has 0 saturated carbocycles. The number of rotatable bonds is 6. The second-order valence-electron chi connectivity index (χ2n) is 4.60. The summed E-state index contributed by atoms with van der Waals surface area (Å²) in [5, 5.41) is 5.96. The Kier molecular flexibility index (Phi) is 5.91. The van der Waals surface area contributed by atoms with E-state index in [1.165, 1.54) is 11.3 Å². The summed E-state index contributed by atoms with van der Waals surface area (Å²) < 4.78 is 4.92. The number of halogens is 1. The Morgan fingerprint density at radius 3 is 2.91 bits per heavy atom. The third-order valence-electron chi connectivity index (χ3n) is 2.73. The Morgan fingerprint density at radius 2 is 2.23 bits per heavy atom. The van der Waals surface area contributed by atoms with E-state index in [1.807, 2.05) is 13.0 Å². The average Bonchev–Trinajstić information content (AvgIpc) is 2.88. The van der Waals surface area contributed by atoms with Gasteiger partial charge in [0.25, 0.3) is 5.91 Å². The highest BCUT2D eigenvalue weighted by atomic mass is 35.5. The van der Waals surface area contributed by atoms with E-state index in [0.29, 0.717) is 17.3 Å². The number of amides is 1. The van der Waals surface area contributed by atoms with Gasteiger partial charge in [0.05, 0.1) is 17.1 Å². The molecule has 0 atom stereocenters. The summed E-state index contributed by atoms with van der Waals surface area (Å²) in [6, 6.07) is 7.18. The molecule has 116 valence electrons. The van der Waals surface area contributed by atoms with Gasteiger partial charge >= 0.3 is 5.97 Å². The van der Waals surface area contributed by atoms with Crippen molar-refractivity contribution >= 4 is 34.8 Å². The summed E-state index contributed by atoms with van der Waals surface area (Å²) in [6.07, 6.45) is 0.0753. The van der Waals surface area contributed by atoms with Crippen molar-refractivity contribution in [3.63, 3.8) is 0 Å². The van der Waals surface area contributed by atoms with Gasteiger partial charge in [0.1, 0.15) is 0 Å². The fourth-order valence-corrected chi connectivity index (χ4v) is 2.56. The van der Waals surface area contributed by atoms with Crippen LogP contribution in [0.25, 0.3) is 0 Å². The molecule has 1 aromatic heterocycles. The molecule has 0 spiro atoms. The third-order valence-corrected chi connectivity index (χ3v) is 3.79. The van der Waals surface area contributed by atoms with Crippen LogP contribution in [-0.4, -0.2) is 23.5 Å². The zero-order chi connectivity index (χ0) is 15.9. The predicted octanol–water partition coefficient (Wildman–Crippen LogP) is 2.51. The maximum atomic E-state index is 11.6. The number of thiazole rings is 1. The maximum Gasteiger partial charge on any atom is 0.312 e. The van der Waals surface area contributed by atoms with Gasteiger partial charge in [0.15, 0.2) is 6.61 Å². The summed E-state index contributed by atoms with van der Waals surface area (Å²) in [5.74, 6) is -0.828.